The number of ether oxygens (including phenoxy) is 8. The number of fused-ring (bicyclic) bond motifs is 3. The van der Waals surface area contributed by atoms with Crippen molar-refractivity contribution in [3.8, 4) is 16.4 Å². The van der Waals surface area contributed by atoms with Crippen molar-refractivity contribution in [3.63, 3.8) is 0 Å². The number of hydrogen-bond acceptors (Lipinski definition) is 18. The van der Waals surface area contributed by atoms with Crippen LogP contribution in [0.4, 0.5) is 43.9 Å². The number of carbonyl (C=O) groups excluding carboxylic acids is 4. The van der Waals surface area contributed by atoms with Gasteiger partial charge < -0.3 is 47.0 Å². The molecule has 0 radical (unpaired) electrons. The van der Waals surface area contributed by atoms with Crippen molar-refractivity contribution in [2.24, 2.45) is 10.8 Å². The van der Waals surface area contributed by atoms with Gasteiger partial charge in [0.25, 0.3) is 12.2 Å². The first kappa shape index (κ1) is 92.5. The molecule has 0 amide bonds. The summed E-state index contributed by atoms with van der Waals surface area (Å²) in [6, 6.07) is 66.8. The van der Waals surface area contributed by atoms with Crippen molar-refractivity contribution in [1.29, 1.82) is 0 Å². The third-order valence-electron chi connectivity index (χ3n) is 17.4. The first-order valence-corrected chi connectivity index (χ1v) is 40.6. The van der Waals surface area contributed by atoms with Crippen LogP contribution in [0.1, 0.15) is 132 Å². The number of alkyl halides is 10. The van der Waals surface area contributed by atoms with Crippen molar-refractivity contribution in [2.45, 2.75) is 194 Å². The highest BCUT2D eigenvalue weighted by atomic mass is 32.2. The SMILES string of the molecule is CC(C)(C)Oc1ccc(-[s+]2c3ccccc3c3ccccc32)cc1.CC(OCCOC1CCC(c2ccccc2)CC1)Oc1ccc([S+](c2ccccc2)c2ccccc2)cc1.CCC(C)(C)C(=O)OCCC(=O)OC(C(F)(F)F)C(F)(F)S(=O)(=O)[O-].CCC(C)(C)C(=O)OCCC(=O)OC(C(F)(F)F)C(F)(F)S(=O)(=O)[O-]. The fourth-order valence-corrected chi connectivity index (χ4v) is 16.0. The highest BCUT2D eigenvalue weighted by Gasteiger charge is 2.64. The molecular weight excluding hydrogens is 1570 g/mol. The molecule has 612 valence electrons. The van der Waals surface area contributed by atoms with Crippen molar-refractivity contribution in [3.05, 3.63) is 194 Å². The molecule has 3 atom stereocenters. The van der Waals surface area contributed by atoms with Gasteiger partial charge in [-0.1, -0.05) is 105 Å². The molecule has 0 N–H and O–H groups in total. The van der Waals surface area contributed by atoms with E-state index in [-0.39, 0.29) is 33.3 Å². The lowest BCUT2D eigenvalue weighted by Gasteiger charge is -2.29. The molecule has 8 aromatic rings. The van der Waals surface area contributed by atoms with Gasteiger partial charge in [-0.25, -0.2) is 16.8 Å². The molecule has 0 bridgehead atoms. The van der Waals surface area contributed by atoms with Crippen LogP contribution in [0.25, 0.3) is 25.1 Å². The zero-order chi connectivity index (χ0) is 83.3. The van der Waals surface area contributed by atoms with Crippen LogP contribution in [0, 0.1) is 10.8 Å². The maximum atomic E-state index is 13.1. The van der Waals surface area contributed by atoms with Crippen molar-refractivity contribution in [1.82, 2.24) is 0 Å². The Labute approximate surface area is 650 Å². The number of benzene rings is 7. The predicted molar refractivity (Wildman–Crippen MR) is 401 cm³/mol. The smallest absolute Gasteiger partial charge is 0.432 e. The van der Waals surface area contributed by atoms with Crippen molar-refractivity contribution < 1.29 is 127 Å². The van der Waals surface area contributed by atoms with E-state index < -0.39 is 116 Å². The molecule has 1 heterocycles. The quantitative estimate of drug-likeness (QED) is 0.00803. The standard InChI is InChI=1S/C34H37O3S.C22H21OS.2C12H17F5O7S/c1-27(35-25-26-36-30-19-17-29(18-20-30)28-11-5-2-6-12-28)37-31-21-23-34(24-22-31)38(32-13-7-3-8-14-32)33-15-9-4-10-16-33;1-22(2,3)23-16-12-14-17(15-13-16)24-20-10-6-4-8-18(20)19-9-5-7-11-21(19)24;2*1-4-10(2,3)9(19)23-6-5-7(18)24-8(11(13,14)15)12(16,17)25(20,21)22/h2-16,21-24,27,29-30H,17-20,25-26H2,1H3;4-15H,1-3H3;2*8H,4-6H2,1-3H3,(H,20,21,22)/q2*+1;;/p-2. The van der Waals surface area contributed by atoms with Crippen LogP contribution in [-0.4, -0.2) is 129 Å². The largest absolute Gasteiger partial charge is 0.743 e. The third-order valence-corrected chi connectivity index (χ3v) is 23.7. The number of carbonyl (C=O) groups is 4. The normalized spacial score (nSPS) is 15.3. The molecule has 1 saturated carbocycles. The summed E-state index contributed by atoms with van der Waals surface area (Å²) in [6.45, 7) is 17.0. The molecule has 32 heteroatoms. The number of hydrogen-bond donors (Lipinski definition) is 0. The predicted octanol–water partition coefficient (Wildman–Crippen LogP) is 19.1. The zero-order valence-corrected chi connectivity index (χ0v) is 66.3. The summed E-state index contributed by atoms with van der Waals surface area (Å²) in [4.78, 5) is 50.8. The second-order valence-electron chi connectivity index (χ2n) is 27.8. The molecule has 0 spiro atoms. The molecular formula is C80H90F10O18S4. The van der Waals surface area contributed by atoms with E-state index in [9.17, 15) is 89.0 Å². The average molecular weight is 1660 g/mol. The molecule has 112 heavy (non-hydrogen) atoms. The van der Waals surface area contributed by atoms with Crippen LogP contribution in [-0.2, 0) is 78.7 Å². The van der Waals surface area contributed by atoms with Gasteiger partial charge in [0, 0.05) is 33.4 Å². The molecule has 0 aliphatic heterocycles. The van der Waals surface area contributed by atoms with Crippen molar-refractivity contribution in [2.75, 3.05) is 26.4 Å². The maximum Gasteiger partial charge on any atom is 0.432 e. The van der Waals surface area contributed by atoms with E-state index in [0.29, 0.717) is 38.1 Å². The van der Waals surface area contributed by atoms with Crippen LogP contribution in [0.15, 0.2) is 203 Å². The van der Waals surface area contributed by atoms with Gasteiger partial charge in [0.1, 0.15) is 30.3 Å². The molecule has 0 saturated heterocycles. The summed E-state index contributed by atoms with van der Waals surface area (Å²) in [7, 11) is -13.7. The van der Waals surface area contributed by atoms with Crippen LogP contribution in [0.2, 0.25) is 0 Å². The summed E-state index contributed by atoms with van der Waals surface area (Å²) in [5, 5.41) is -9.10. The molecule has 7 aromatic carbocycles. The van der Waals surface area contributed by atoms with Crippen LogP contribution in [0.3, 0.4) is 0 Å². The van der Waals surface area contributed by atoms with Gasteiger partial charge in [-0.3, -0.25) is 19.2 Å². The lowest BCUT2D eigenvalue weighted by Crippen LogP contribution is -2.52. The minimum atomic E-state index is -6.75. The first-order valence-electron chi connectivity index (χ1n) is 35.4. The van der Waals surface area contributed by atoms with E-state index in [1.54, 1.807) is 13.8 Å². The Morgan fingerprint density at radius 2 is 0.857 bits per heavy atom. The monoisotopic (exact) mass is 1660 g/mol. The molecule has 9 rings (SSSR count). The van der Waals surface area contributed by atoms with Crippen LogP contribution in [0.5, 0.6) is 11.5 Å². The minimum absolute atomic E-state index is 0.0275. The highest BCUT2D eigenvalue weighted by Crippen LogP contribution is 2.49. The lowest BCUT2D eigenvalue weighted by molar-refractivity contribution is -0.259. The molecule has 1 aliphatic rings. The fraction of sp³-hybridized carbons (Fsp3) is 0.425. The maximum absolute atomic E-state index is 13.1. The van der Waals surface area contributed by atoms with Gasteiger partial charge in [0.15, 0.2) is 55.5 Å². The number of rotatable bonds is 29. The van der Waals surface area contributed by atoms with E-state index in [1.165, 1.54) is 85.9 Å². The number of esters is 4. The van der Waals surface area contributed by atoms with Gasteiger partial charge in [-0.15, -0.1) is 0 Å². The third kappa shape index (κ3) is 26.9. The molecule has 1 aromatic heterocycles. The van der Waals surface area contributed by atoms with E-state index in [0.717, 1.165) is 24.3 Å². The van der Waals surface area contributed by atoms with Gasteiger partial charge in [0.05, 0.1) is 53.9 Å². The highest BCUT2D eigenvalue weighted by molar-refractivity contribution is 7.97. The Morgan fingerprint density at radius 3 is 1.24 bits per heavy atom. The fourth-order valence-electron chi connectivity index (χ4n) is 10.7. The second kappa shape index (κ2) is 40.1. The molecule has 3 unspecified atom stereocenters. The lowest BCUT2D eigenvalue weighted by atomic mass is 9.83. The van der Waals surface area contributed by atoms with E-state index in [1.807, 2.05) is 19.1 Å². The molecule has 18 nitrogen and oxygen atoms in total. The topological polar surface area (TPSA) is 257 Å². The van der Waals surface area contributed by atoms with E-state index >= 15 is 0 Å². The second-order valence-corrected chi connectivity index (χ2v) is 34.7. The zero-order valence-electron chi connectivity index (χ0n) is 63.0. The van der Waals surface area contributed by atoms with E-state index in [4.69, 9.17) is 18.9 Å². The van der Waals surface area contributed by atoms with Crippen LogP contribution >= 0.6 is 10.5 Å². The Balaban J connectivity index is 0.000000238. The molecule has 1 fully saturated rings. The van der Waals surface area contributed by atoms with Crippen LogP contribution < -0.4 is 9.47 Å². The Bertz CT molecular complexity index is 4360. The minimum Gasteiger partial charge on any atom is -0.743 e. The van der Waals surface area contributed by atoms with E-state index in [2.05, 4.69) is 216 Å². The molecule has 1 aliphatic carbocycles. The Morgan fingerprint density at radius 1 is 0.482 bits per heavy atom. The van der Waals surface area contributed by atoms with Crippen molar-refractivity contribution >= 4 is 85.7 Å². The Kier molecular flexibility index (Phi) is 33.1. The summed E-state index contributed by atoms with van der Waals surface area (Å²) < 4.78 is 232. The number of thiophene rings is 1. The van der Waals surface area contributed by atoms with Gasteiger partial charge in [0.2, 0.25) is 0 Å². The van der Waals surface area contributed by atoms with Gasteiger partial charge in [-0.05, 0) is 190 Å². The number of halogens is 10. The Hall–Kier alpha value is -8.37. The van der Waals surface area contributed by atoms with Gasteiger partial charge >= 0.3 is 46.7 Å². The first-order chi connectivity index (χ1) is 52.2. The summed E-state index contributed by atoms with van der Waals surface area (Å²) >= 11 is 0. The summed E-state index contributed by atoms with van der Waals surface area (Å²) in [5.41, 5.74) is -0.593. The average Bonchev–Trinajstić information content (AvgIpc) is 1.62. The van der Waals surface area contributed by atoms with Gasteiger partial charge in [-0.2, -0.15) is 43.9 Å². The summed E-state index contributed by atoms with van der Waals surface area (Å²) in [6.07, 6.45) is -17.8. The summed E-state index contributed by atoms with van der Waals surface area (Å²) in [5.74, 6) is -3.02.